The molecular formula is C33H32FN7O3S2. The average molecular weight is 658 g/mol. The van der Waals surface area contributed by atoms with Crippen molar-refractivity contribution in [1.82, 2.24) is 25.1 Å². The highest BCUT2D eigenvalue weighted by atomic mass is 32.1. The van der Waals surface area contributed by atoms with Crippen molar-refractivity contribution >= 4 is 60.8 Å². The summed E-state index contributed by atoms with van der Waals surface area (Å²) in [7, 11) is 1.77. The Morgan fingerprint density at radius 2 is 1.96 bits per heavy atom. The highest BCUT2D eigenvalue weighted by Gasteiger charge is 2.21. The van der Waals surface area contributed by atoms with Crippen LogP contribution in [0.1, 0.15) is 45.8 Å². The molecule has 0 spiro atoms. The van der Waals surface area contributed by atoms with Crippen molar-refractivity contribution in [2.75, 3.05) is 43.5 Å². The summed E-state index contributed by atoms with van der Waals surface area (Å²) in [6, 6.07) is 14.5. The van der Waals surface area contributed by atoms with Gasteiger partial charge in [-0.3, -0.25) is 4.90 Å². The number of thiazole rings is 2. The van der Waals surface area contributed by atoms with Crippen LogP contribution in [0, 0.1) is 24.6 Å². The van der Waals surface area contributed by atoms with E-state index >= 15 is 0 Å². The normalized spacial score (nSPS) is 13.0. The lowest BCUT2D eigenvalue weighted by atomic mass is 10.2. The molecule has 4 heterocycles. The zero-order valence-electron chi connectivity index (χ0n) is 25.4. The Kier molecular flexibility index (Phi) is 9.68. The summed E-state index contributed by atoms with van der Waals surface area (Å²) in [6.07, 6.45) is 3.30. The number of hydrogen-bond donors (Lipinski definition) is 2. The molecule has 3 aromatic heterocycles. The monoisotopic (exact) mass is 657 g/mol. The zero-order valence-corrected chi connectivity index (χ0v) is 27.1. The number of halogens is 1. The summed E-state index contributed by atoms with van der Waals surface area (Å²) in [5, 5.41) is 23.0. The second kappa shape index (κ2) is 14.2. The maximum Gasteiger partial charge on any atom is 0.355 e. The second-order valence-corrected chi connectivity index (χ2v) is 13.0. The van der Waals surface area contributed by atoms with Crippen LogP contribution < -0.4 is 15.0 Å². The molecule has 0 amide bonds. The maximum absolute atomic E-state index is 14.6. The molecule has 1 fully saturated rings. The maximum atomic E-state index is 14.6. The fraction of sp³-hybridized carbons (Fsp3) is 0.303. The van der Waals surface area contributed by atoms with Gasteiger partial charge in [0, 0.05) is 17.5 Å². The Hall–Kier alpha value is -4.64. The molecule has 6 rings (SSSR count). The van der Waals surface area contributed by atoms with Gasteiger partial charge in [-0.15, -0.1) is 21.5 Å². The fourth-order valence-electron chi connectivity index (χ4n) is 5.01. The molecule has 1 aliphatic rings. The average Bonchev–Trinajstić information content (AvgIpc) is 3.81. The number of aromatic nitrogens is 4. The van der Waals surface area contributed by atoms with Crippen molar-refractivity contribution in [3.8, 4) is 17.6 Å². The molecule has 0 saturated carbocycles. The van der Waals surface area contributed by atoms with Crippen molar-refractivity contribution in [2.24, 2.45) is 0 Å². The van der Waals surface area contributed by atoms with E-state index in [2.05, 4.69) is 42.2 Å². The first kappa shape index (κ1) is 31.3. The summed E-state index contributed by atoms with van der Waals surface area (Å²) in [5.41, 5.74) is 2.34. The number of rotatable bonds is 11. The number of nitrogens with one attached hydrogen (secondary N) is 1. The van der Waals surface area contributed by atoms with Gasteiger partial charge in [0.15, 0.2) is 39.2 Å². The van der Waals surface area contributed by atoms with Gasteiger partial charge < -0.3 is 20.1 Å². The van der Waals surface area contributed by atoms with Crippen LogP contribution in [0.3, 0.4) is 0 Å². The number of likely N-dealkylation sites (tertiary alicyclic amines) is 1. The third-order valence-corrected chi connectivity index (χ3v) is 9.63. The Bertz CT molecular complexity index is 1890. The van der Waals surface area contributed by atoms with Crippen LogP contribution in [0.25, 0.3) is 10.2 Å². The zero-order chi connectivity index (χ0) is 32.0. The first-order valence-corrected chi connectivity index (χ1v) is 16.5. The topological polar surface area (TPSA) is 117 Å². The number of anilines is 4. The molecule has 13 heteroatoms. The molecule has 0 aliphatic carbocycles. The Labute approximate surface area is 273 Å². The van der Waals surface area contributed by atoms with Crippen LogP contribution in [0.2, 0.25) is 0 Å². The number of nitrogens with zero attached hydrogens (tertiary/aromatic N) is 6. The number of carbonyl (C=O) groups is 1. The van der Waals surface area contributed by atoms with E-state index in [1.807, 2.05) is 37.3 Å². The van der Waals surface area contributed by atoms with E-state index in [0.29, 0.717) is 46.6 Å². The molecule has 2 N–H and O–H groups in total. The molecule has 2 aromatic carbocycles. The van der Waals surface area contributed by atoms with Gasteiger partial charge in [-0.1, -0.05) is 35.3 Å². The number of ether oxygens (including phenoxy) is 1. The predicted octanol–water partition coefficient (Wildman–Crippen LogP) is 6.66. The van der Waals surface area contributed by atoms with E-state index in [9.17, 15) is 14.3 Å². The lowest BCUT2D eigenvalue weighted by molar-refractivity contribution is 0.0690. The standard InChI is InChI=1S/C33H32FN7O3S2/c1-21-19-28(38-39-30(21)37-32-35-24-10-3-4-11-26(24)45-32)40(2)33-36-29(31(42)43)27(46-33)12-8-18-44-25-14-13-22(20-23(25)34)9-7-17-41-15-5-6-16-41/h3-4,10-11,13-14,19-20H,5-6,8,12,15-18H2,1-2H3,(H,42,43)(H,35,37,39). The quantitative estimate of drug-likeness (QED) is 0.118. The molecule has 46 heavy (non-hydrogen) atoms. The fourth-order valence-corrected chi connectivity index (χ4v) is 6.94. The lowest BCUT2D eigenvalue weighted by Gasteiger charge is -2.15. The van der Waals surface area contributed by atoms with E-state index in [0.717, 1.165) is 34.0 Å². The van der Waals surface area contributed by atoms with Crippen LogP contribution in [-0.2, 0) is 6.42 Å². The summed E-state index contributed by atoms with van der Waals surface area (Å²) in [5.74, 6) is 5.79. The Balaban J connectivity index is 1.05. The van der Waals surface area contributed by atoms with E-state index in [1.165, 1.54) is 41.6 Å². The van der Waals surface area contributed by atoms with Crippen LogP contribution in [-0.4, -0.2) is 69.4 Å². The molecule has 0 atom stereocenters. The van der Waals surface area contributed by atoms with Crippen LogP contribution in [0.4, 0.5) is 26.3 Å². The van der Waals surface area contributed by atoms with Gasteiger partial charge in [0.25, 0.3) is 0 Å². The SMILES string of the molecule is Cc1cc(N(C)c2nc(C(=O)O)c(CCCOc3ccc(C#CCN4CCCC4)cc3F)s2)nnc1Nc1nc2ccccc2s1. The van der Waals surface area contributed by atoms with E-state index in [4.69, 9.17) is 4.74 Å². The van der Waals surface area contributed by atoms with Gasteiger partial charge in [-0.2, -0.15) is 0 Å². The van der Waals surface area contributed by atoms with Gasteiger partial charge in [0.1, 0.15) is 0 Å². The number of para-hydroxylation sites is 1. The number of carboxylic acid groups (broad SMARTS) is 1. The molecule has 10 nitrogen and oxygen atoms in total. The third-order valence-electron chi connectivity index (χ3n) is 7.48. The van der Waals surface area contributed by atoms with Crippen LogP contribution >= 0.6 is 22.7 Å². The van der Waals surface area contributed by atoms with Gasteiger partial charge in [-0.25, -0.2) is 19.2 Å². The summed E-state index contributed by atoms with van der Waals surface area (Å²) >= 11 is 2.80. The van der Waals surface area contributed by atoms with Gasteiger partial charge >= 0.3 is 5.97 Å². The molecule has 1 aliphatic heterocycles. The van der Waals surface area contributed by atoms with Crippen LogP contribution in [0.15, 0.2) is 48.5 Å². The molecule has 0 radical (unpaired) electrons. The number of aryl methyl sites for hydroxylation is 2. The Morgan fingerprint density at radius 3 is 2.72 bits per heavy atom. The minimum atomic E-state index is -1.11. The molecule has 236 valence electrons. The molecular weight excluding hydrogens is 626 g/mol. The Morgan fingerprint density at radius 1 is 1.13 bits per heavy atom. The van der Waals surface area contributed by atoms with Crippen molar-refractivity contribution in [2.45, 2.75) is 32.6 Å². The van der Waals surface area contributed by atoms with E-state index < -0.39 is 11.8 Å². The molecule has 0 unspecified atom stereocenters. The second-order valence-electron chi connectivity index (χ2n) is 10.9. The van der Waals surface area contributed by atoms with Crippen molar-refractivity contribution in [3.05, 3.63) is 76.0 Å². The third kappa shape index (κ3) is 7.42. The van der Waals surface area contributed by atoms with Crippen molar-refractivity contribution in [1.29, 1.82) is 0 Å². The summed E-state index contributed by atoms with van der Waals surface area (Å²) in [4.78, 5) is 25.6. The summed E-state index contributed by atoms with van der Waals surface area (Å²) < 4.78 is 21.4. The smallest absolute Gasteiger partial charge is 0.355 e. The van der Waals surface area contributed by atoms with Crippen molar-refractivity contribution < 1.29 is 19.0 Å². The van der Waals surface area contributed by atoms with Gasteiger partial charge in [0.05, 0.1) is 23.4 Å². The van der Waals surface area contributed by atoms with E-state index in [1.54, 1.807) is 24.1 Å². The number of aromatic carboxylic acids is 1. The minimum Gasteiger partial charge on any atom is -0.491 e. The molecule has 1 saturated heterocycles. The predicted molar refractivity (Wildman–Crippen MR) is 180 cm³/mol. The highest BCUT2D eigenvalue weighted by Crippen LogP contribution is 2.33. The highest BCUT2D eigenvalue weighted by molar-refractivity contribution is 7.22. The lowest BCUT2D eigenvalue weighted by Crippen LogP contribution is -2.18. The van der Waals surface area contributed by atoms with Crippen LogP contribution in [0.5, 0.6) is 5.75 Å². The molecule has 5 aromatic rings. The molecule has 0 bridgehead atoms. The van der Waals surface area contributed by atoms with Gasteiger partial charge in [0.2, 0.25) is 0 Å². The van der Waals surface area contributed by atoms with E-state index in [-0.39, 0.29) is 18.1 Å². The number of benzene rings is 2. The number of carboxylic acids is 1. The first-order chi connectivity index (χ1) is 22.3. The van der Waals surface area contributed by atoms with Gasteiger partial charge in [-0.05, 0) is 87.7 Å². The van der Waals surface area contributed by atoms with Crippen molar-refractivity contribution in [3.63, 3.8) is 0 Å². The number of hydrogen-bond acceptors (Lipinski definition) is 11. The number of fused-ring (bicyclic) bond motifs is 1. The summed E-state index contributed by atoms with van der Waals surface area (Å²) in [6.45, 7) is 4.95. The largest absolute Gasteiger partial charge is 0.491 e. The first-order valence-electron chi connectivity index (χ1n) is 14.9. The minimum absolute atomic E-state index is 0.0197.